The molecule has 3 rings (SSSR count). The molecule has 1 atom stereocenters. The third kappa shape index (κ3) is 7.81. The second kappa shape index (κ2) is 13.5. The molecule has 0 bridgehead atoms. The van der Waals surface area contributed by atoms with Crippen molar-refractivity contribution in [3.8, 4) is 5.75 Å². The van der Waals surface area contributed by atoms with Crippen LogP contribution in [0.2, 0.25) is 0 Å². The standard InChI is InChI=1S/C22H32N4O3.HI/c1-3-23-22(24-11-14-28-19-7-5-4-6-8-19)25-17-20(21-10-9-18(2)29-21)26-12-15-27-16-13-26;/h4-10,20H,3,11-17H2,1-2H3,(H2,23,24,25);1H. The highest BCUT2D eigenvalue weighted by Gasteiger charge is 2.25. The lowest BCUT2D eigenvalue weighted by molar-refractivity contribution is 0.0135. The van der Waals surface area contributed by atoms with Crippen molar-refractivity contribution in [1.82, 2.24) is 15.5 Å². The average molecular weight is 528 g/mol. The number of nitrogens with zero attached hydrogens (tertiary/aromatic N) is 2. The maximum Gasteiger partial charge on any atom is 0.191 e. The van der Waals surface area contributed by atoms with E-state index in [1.54, 1.807) is 0 Å². The Kier molecular flexibility index (Phi) is 11.0. The molecule has 2 N–H and O–H groups in total. The number of para-hydroxylation sites is 1. The van der Waals surface area contributed by atoms with Crippen molar-refractivity contribution < 1.29 is 13.9 Å². The van der Waals surface area contributed by atoms with Crippen LogP contribution in [-0.4, -0.2) is 63.4 Å². The number of morpholine rings is 1. The molecule has 0 spiro atoms. The van der Waals surface area contributed by atoms with E-state index < -0.39 is 0 Å². The first-order valence-corrected chi connectivity index (χ1v) is 10.3. The summed E-state index contributed by atoms with van der Waals surface area (Å²) in [5.41, 5.74) is 0. The van der Waals surface area contributed by atoms with Crippen molar-refractivity contribution in [3.05, 3.63) is 54.0 Å². The van der Waals surface area contributed by atoms with Crippen LogP contribution >= 0.6 is 24.0 Å². The van der Waals surface area contributed by atoms with Crippen molar-refractivity contribution in [3.63, 3.8) is 0 Å². The van der Waals surface area contributed by atoms with Gasteiger partial charge in [-0.2, -0.15) is 0 Å². The summed E-state index contributed by atoms with van der Waals surface area (Å²) in [5, 5.41) is 6.65. The van der Waals surface area contributed by atoms with E-state index in [1.165, 1.54) is 0 Å². The lowest BCUT2D eigenvalue weighted by Crippen LogP contribution is -2.42. The molecule has 2 heterocycles. The van der Waals surface area contributed by atoms with E-state index in [9.17, 15) is 0 Å². The Balaban J connectivity index is 0.00000320. The molecule has 1 unspecified atom stereocenters. The third-order valence-electron chi connectivity index (χ3n) is 4.75. The quantitative estimate of drug-likeness (QED) is 0.226. The number of guanidine groups is 1. The zero-order valence-electron chi connectivity index (χ0n) is 17.8. The van der Waals surface area contributed by atoms with E-state index in [0.717, 1.165) is 56.1 Å². The number of hydrogen-bond donors (Lipinski definition) is 2. The summed E-state index contributed by atoms with van der Waals surface area (Å²) >= 11 is 0. The molecule has 30 heavy (non-hydrogen) atoms. The molecule has 0 saturated carbocycles. The Morgan fingerprint density at radius 1 is 1.13 bits per heavy atom. The van der Waals surface area contributed by atoms with E-state index in [4.69, 9.17) is 18.9 Å². The maximum atomic E-state index is 5.93. The van der Waals surface area contributed by atoms with Crippen LogP contribution in [0.15, 0.2) is 51.9 Å². The topological polar surface area (TPSA) is 71.3 Å². The second-order valence-corrected chi connectivity index (χ2v) is 6.92. The Morgan fingerprint density at radius 3 is 2.57 bits per heavy atom. The minimum atomic E-state index is 0. The van der Waals surface area contributed by atoms with Crippen molar-refractivity contribution >= 4 is 29.9 Å². The summed E-state index contributed by atoms with van der Waals surface area (Å²) in [7, 11) is 0. The minimum Gasteiger partial charge on any atom is -0.492 e. The number of aliphatic imine (C=N–C) groups is 1. The van der Waals surface area contributed by atoms with Crippen molar-refractivity contribution in [2.45, 2.75) is 19.9 Å². The molecule has 1 aromatic carbocycles. The van der Waals surface area contributed by atoms with Gasteiger partial charge in [-0.05, 0) is 38.1 Å². The summed E-state index contributed by atoms with van der Waals surface area (Å²) in [4.78, 5) is 7.20. The van der Waals surface area contributed by atoms with Gasteiger partial charge in [0.25, 0.3) is 0 Å². The molecule has 0 amide bonds. The number of benzene rings is 1. The molecule has 2 aromatic rings. The number of ether oxygens (including phenoxy) is 2. The first-order valence-electron chi connectivity index (χ1n) is 10.3. The van der Waals surface area contributed by atoms with Gasteiger partial charge in [-0.25, -0.2) is 0 Å². The number of furan rings is 1. The molecular formula is C22H33IN4O3. The van der Waals surface area contributed by atoms with Gasteiger partial charge in [0.05, 0.1) is 32.3 Å². The van der Waals surface area contributed by atoms with Crippen molar-refractivity contribution in [2.24, 2.45) is 4.99 Å². The van der Waals surface area contributed by atoms with Crippen LogP contribution in [0.25, 0.3) is 0 Å². The predicted octanol–water partition coefficient (Wildman–Crippen LogP) is 3.21. The Morgan fingerprint density at radius 2 is 1.90 bits per heavy atom. The van der Waals surface area contributed by atoms with E-state index in [1.807, 2.05) is 43.3 Å². The molecule has 1 aliphatic rings. The van der Waals surface area contributed by atoms with Crippen LogP contribution < -0.4 is 15.4 Å². The third-order valence-corrected chi connectivity index (χ3v) is 4.75. The van der Waals surface area contributed by atoms with Crippen LogP contribution in [0.3, 0.4) is 0 Å². The summed E-state index contributed by atoms with van der Waals surface area (Å²) in [5.74, 6) is 3.53. The molecular weight excluding hydrogens is 495 g/mol. The first-order chi connectivity index (χ1) is 14.3. The fourth-order valence-electron chi connectivity index (χ4n) is 3.28. The SMILES string of the molecule is CCNC(=NCC(c1ccc(C)o1)N1CCOCC1)NCCOc1ccccc1.I. The van der Waals surface area contributed by atoms with Gasteiger partial charge in [0.15, 0.2) is 5.96 Å². The van der Waals surface area contributed by atoms with Gasteiger partial charge in [0.1, 0.15) is 23.9 Å². The summed E-state index contributed by atoms with van der Waals surface area (Å²) in [6.07, 6.45) is 0. The van der Waals surface area contributed by atoms with Crippen LogP contribution in [0.5, 0.6) is 5.75 Å². The number of aryl methyl sites for hydroxylation is 1. The van der Waals surface area contributed by atoms with Gasteiger partial charge in [0.2, 0.25) is 0 Å². The van der Waals surface area contributed by atoms with Gasteiger partial charge in [0, 0.05) is 19.6 Å². The molecule has 7 nitrogen and oxygen atoms in total. The fraction of sp³-hybridized carbons (Fsp3) is 0.500. The van der Waals surface area contributed by atoms with E-state index in [2.05, 4.69) is 28.5 Å². The van der Waals surface area contributed by atoms with E-state index in [-0.39, 0.29) is 30.0 Å². The number of halogens is 1. The second-order valence-electron chi connectivity index (χ2n) is 6.92. The van der Waals surface area contributed by atoms with Gasteiger partial charge in [-0.3, -0.25) is 9.89 Å². The van der Waals surface area contributed by atoms with Gasteiger partial charge >= 0.3 is 0 Å². The monoisotopic (exact) mass is 528 g/mol. The molecule has 8 heteroatoms. The van der Waals surface area contributed by atoms with Gasteiger partial charge in [-0.1, -0.05) is 18.2 Å². The maximum absolute atomic E-state index is 5.93. The summed E-state index contributed by atoms with van der Waals surface area (Å²) in [6, 6.07) is 14.0. The number of hydrogen-bond acceptors (Lipinski definition) is 5. The average Bonchev–Trinajstić information content (AvgIpc) is 3.18. The summed E-state index contributed by atoms with van der Waals surface area (Å²) in [6.45, 7) is 9.94. The summed E-state index contributed by atoms with van der Waals surface area (Å²) < 4.78 is 17.2. The highest BCUT2D eigenvalue weighted by Crippen LogP contribution is 2.24. The molecule has 1 aromatic heterocycles. The van der Waals surface area contributed by atoms with Crippen LogP contribution in [0, 0.1) is 6.92 Å². The zero-order chi connectivity index (χ0) is 20.3. The molecule has 0 aliphatic carbocycles. The first kappa shape index (κ1) is 24.5. The minimum absolute atomic E-state index is 0. The van der Waals surface area contributed by atoms with Gasteiger partial charge in [-0.15, -0.1) is 24.0 Å². The molecule has 1 aliphatic heterocycles. The lowest BCUT2D eigenvalue weighted by atomic mass is 10.1. The van der Waals surface area contributed by atoms with Crippen LogP contribution in [0.1, 0.15) is 24.5 Å². The number of rotatable bonds is 9. The highest BCUT2D eigenvalue weighted by atomic mass is 127. The smallest absolute Gasteiger partial charge is 0.191 e. The van der Waals surface area contributed by atoms with E-state index >= 15 is 0 Å². The van der Waals surface area contributed by atoms with Crippen molar-refractivity contribution in [1.29, 1.82) is 0 Å². The largest absolute Gasteiger partial charge is 0.492 e. The molecule has 0 radical (unpaired) electrons. The fourth-order valence-corrected chi connectivity index (χ4v) is 3.28. The number of nitrogens with one attached hydrogen (secondary N) is 2. The Hall–Kier alpha value is -1.78. The van der Waals surface area contributed by atoms with Gasteiger partial charge < -0.3 is 24.5 Å². The van der Waals surface area contributed by atoms with Crippen LogP contribution in [-0.2, 0) is 4.74 Å². The Labute approximate surface area is 196 Å². The normalized spacial score (nSPS) is 15.9. The molecule has 1 saturated heterocycles. The molecule has 166 valence electrons. The lowest BCUT2D eigenvalue weighted by Gasteiger charge is -2.32. The Bertz CT molecular complexity index is 748. The predicted molar refractivity (Wildman–Crippen MR) is 130 cm³/mol. The van der Waals surface area contributed by atoms with E-state index in [0.29, 0.717) is 19.7 Å². The highest BCUT2D eigenvalue weighted by molar-refractivity contribution is 14.0. The molecule has 1 fully saturated rings. The van der Waals surface area contributed by atoms with Crippen molar-refractivity contribution in [2.75, 3.05) is 52.5 Å². The zero-order valence-corrected chi connectivity index (χ0v) is 20.1. The van der Waals surface area contributed by atoms with Crippen LogP contribution in [0.4, 0.5) is 0 Å².